The molecule has 1 aromatic carbocycles. The summed E-state index contributed by atoms with van der Waals surface area (Å²) in [6.07, 6.45) is -0.259. The Bertz CT molecular complexity index is 443. The zero-order valence-electron chi connectivity index (χ0n) is 9.21. The van der Waals surface area contributed by atoms with Crippen LogP contribution in [0.15, 0.2) is 18.2 Å². The molecule has 0 aliphatic carbocycles. The first-order valence-electron chi connectivity index (χ1n) is 4.84. The third-order valence-corrected chi connectivity index (χ3v) is 2.25. The van der Waals surface area contributed by atoms with Crippen molar-refractivity contribution in [3.05, 3.63) is 29.3 Å². The Morgan fingerprint density at radius 2 is 2.12 bits per heavy atom. The van der Waals surface area contributed by atoms with Gasteiger partial charge < -0.3 is 20.7 Å². The predicted octanol–water partition coefficient (Wildman–Crippen LogP) is 0.653. The number of nitrogens with two attached hydrogens (primary N) is 1. The quantitative estimate of drug-likeness (QED) is 0.665. The molecule has 0 aliphatic heterocycles. The highest BCUT2D eigenvalue weighted by Crippen LogP contribution is 2.23. The average molecular weight is 239 g/mol. The molecule has 92 valence electrons. The molecule has 0 saturated carbocycles. The fraction of sp³-hybridized carbons (Fsp3) is 0.273. The number of carbonyl (C=O) groups is 2. The van der Waals surface area contributed by atoms with Crippen LogP contribution in [0.1, 0.15) is 28.4 Å². The van der Waals surface area contributed by atoms with Crippen molar-refractivity contribution >= 4 is 11.9 Å². The number of benzene rings is 1. The topological polar surface area (TPSA) is 110 Å². The molecule has 1 atom stereocenters. The van der Waals surface area contributed by atoms with E-state index in [1.807, 2.05) is 0 Å². The minimum atomic E-state index is -1.04. The fourth-order valence-corrected chi connectivity index (χ4v) is 1.36. The highest BCUT2D eigenvalue weighted by Gasteiger charge is 2.16. The summed E-state index contributed by atoms with van der Waals surface area (Å²) >= 11 is 0. The van der Waals surface area contributed by atoms with Gasteiger partial charge in [0, 0.05) is 6.04 Å². The van der Waals surface area contributed by atoms with Gasteiger partial charge in [-0.15, -0.1) is 0 Å². The smallest absolute Gasteiger partial charge is 0.341 e. The molecule has 0 radical (unpaired) electrons. The van der Waals surface area contributed by atoms with Gasteiger partial charge in [0.2, 0.25) is 0 Å². The molecule has 0 aromatic heterocycles. The van der Waals surface area contributed by atoms with E-state index in [1.54, 1.807) is 0 Å². The molecular weight excluding hydrogens is 226 g/mol. The van der Waals surface area contributed by atoms with Crippen LogP contribution >= 0.6 is 0 Å². The maximum atomic E-state index is 11.3. The molecule has 1 unspecified atom stereocenters. The monoisotopic (exact) mass is 239 g/mol. The number of aromatic hydroxyl groups is 1. The van der Waals surface area contributed by atoms with E-state index in [0.29, 0.717) is 5.56 Å². The van der Waals surface area contributed by atoms with Crippen LogP contribution < -0.4 is 5.73 Å². The minimum Gasteiger partial charge on any atom is -0.507 e. The number of methoxy groups -OCH3 is 1. The molecule has 6 heteroatoms. The van der Waals surface area contributed by atoms with E-state index in [-0.39, 0.29) is 17.7 Å². The zero-order valence-corrected chi connectivity index (χ0v) is 9.21. The first kappa shape index (κ1) is 13.0. The van der Waals surface area contributed by atoms with Crippen LogP contribution in [0, 0.1) is 0 Å². The maximum Gasteiger partial charge on any atom is 0.341 e. The zero-order chi connectivity index (χ0) is 13.0. The van der Waals surface area contributed by atoms with Crippen molar-refractivity contribution in [2.75, 3.05) is 7.11 Å². The molecule has 6 nitrogen and oxygen atoms in total. The number of ether oxygens (including phenoxy) is 1. The molecule has 0 bridgehead atoms. The van der Waals surface area contributed by atoms with Gasteiger partial charge in [-0.05, 0) is 17.7 Å². The third-order valence-electron chi connectivity index (χ3n) is 2.25. The number of aliphatic carboxylic acids is 1. The lowest BCUT2D eigenvalue weighted by Gasteiger charge is -2.11. The van der Waals surface area contributed by atoms with Crippen molar-refractivity contribution in [2.24, 2.45) is 5.73 Å². The fourth-order valence-electron chi connectivity index (χ4n) is 1.36. The molecule has 0 spiro atoms. The second-order valence-electron chi connectivity index (χ2n) is 3.47. The lowest BCUT2D eigenvalue weighted by molar-refractivity contribution is -0.137. The van der Waals surface area contributed by atoms with E-state index in [9.17, 15) is 14.7 Å². The average Bonchev–Trinajstić information content (AvgIpc) is 2.27. The number of carboxylic acid groups (broad SMARTS) is 1. The lowest BCUT2D eigenvalue weighted by Crippen LogP contribution is -2.15. The second kappa shape index (κ2) is 5.31. The Morgan fingerprint density at radius 3 is 2.65 bits per heavy atom. The van der Waals surface area contributed by atoms with Gasteiger partial charge in [-0.25, -0.2) is 4.79 Å². The van der Waals surface area contributed by atoms with Crippen LogP contribution in [0.4, 0.5) is 0 Å². The number of hydrogen-bond acceptors (Lipinski definition) is 5. The van der Waals surface area contributed by atoms with Gasteiger partial charge in [-0.3, -0.25) is 4.79 Å². The molecular formula is C11H13NO5. The summed E-state index contributed by atoms with van der Waals surface area (Å²) in [5.74, 6) is -1.97. The summed E-state index contributed by atoms with van der Waals surface area (Å²) in [5.41, 5.74) is 6.06. The highest BCUT2D eigenvalue weighted by atomic mass is 16.5. The molecule has 0 aliphatic rings. The number of hydrogen-bond donors (Lipinski definition) is 3. The molecule has 0 saturated heterocycles. The first-order valence-corrected chi connectivity index (χ1v) is 4.84. The molecule has 1 rings (SSSR count). The molecule has 4 N–H and O–H groups in total. The number of phenolic OH excluding ortho intramolecular Hbond substituents is 1. The SMILES string of the molecule is COC(=O)c1cc(C(N)CC(=O)O)ccc1O. The van der Waals surface area contributed by atoms with E-state index in [0.717, 1.165) is 0 Å². The number of phenols is 1. The summed E-state index contributed by atoms with van der Waals surface area (Å²) in [7, 11) is 1.19. The van der Waals surface area contributed by atoms with E-state index >= 15 is 0 Å². The van der Waals surface area contributed by atoms with Crippen molar-refractivity contribution in [3.8, 4) is 5.75 Å². The van der Waals surface area contributed by atoms with Gasteiger partial charge in [0.05, 0.1) is 13.5 Å². The van der Waals surface area contributed by atoms with Crippen LogP contribution in [-0.4, -0.2) is 29.3 Å². The van der Waals surface area contributed by atoms with Gasteiger partial charge in [0.1, 0.15) is 11.3 Å². The largest absolute Gasteiger partial charge is 0.507 e. The maximum absolute atomic E-state index is 11.3. The summed E-state index contributed by atoms with van der Waals surface area (Å²) in [4.78, 5) is 21.8. The number of rotatable bonds is 4. The standard InChI is InChI=1S/C11H13NO5/c1-17-11(16)7-4-6(2-3-9(7)13)8(12)5-10(14)15/h2-4,8,13H,5,12H2,1H3,(H,14,15). The van der Waals surface area contributed by atoms with Crippen molar-refractivity contribution < 1.29 is 24.5 Å². The van der Waals surface area contributed by atoms with E-state index < -0.39 is 18.0 Å². The van der Waals surface area contributed by atoms with Crippen molar-refractivity contribution in [3.63, 3.8) is 0 Å². The van der Waals surface area contributed by atoms with Gasteiger partial charge >= 0.3 is 11.9 Å². The van der Waals surface area contributed by atoms with Crippen LogP contribution in [0.5, 0.6) is 5.75 Å². The molecule has 0 heterocycles. The molecule has 17 heavy (non-hydrogen) atoms. The van der Waals surface area contributed by atoms with Gasteiger partial charge in [0.15, 0.2) is 0 Å². The Labute approximate surface area is 97.6 Å². The van der Waals surface area contributed by atoms with Gasteiger partial charge in [-0.1, -0.05) is 6.07 Å². The van der Waals surface area contributed by atoms with Crippen molar-refractivity contribution in [2.45, 2.75) is 12.5 Å². The predicted molar refractivity (Wildman–Crippen MR) is 58.6 cm³/mol. The first-order chi connectivity index (χ1) is 7.95. The number of esters is 1. The highest BCUT2D eigenvalue weighted by molar-refractivity contribution is 5.92. The van der Waals surface area contributed by atoms with Crippen molar-refractivity contribution in [1.29, 1.82) is 0 Å². The Balaban J connectivity index is 3.03. The Kier molecular flexibility index (Phi) is 4.06. The normalized spacial score (nSPS) is 11.9. The van der Waals surface area contributed by atoms with Crippen LogP contribution in [-0.2, 0) is 9.53 Å². The third kappa shape index (κ3) is 3.18. The van der Waals surface area contributed by atoms with Crippen LogP contribution in [0.2, 0.25) is 0 Å². The van der Waals surface area contributed by atoms with Crippen LogP contribution in [0.25, 0.3) is 0 Å². The lowest BCUT2D eigenvalue weighted by atomic mass is 10.0. The van der Waals surface area contributed by atoms with E-state index in [2.05, 4.69) is 4.74 Å². The number of carboxylic acids is 1. The van der Waals surface area contributed by atoms with Crippen molar-refractivity contribution in [1.82, 2.24) is 0 Å². The summed E-state index contributed by atoms with van der Waals surface area (Å²) < 4.78 is 4.48. The second-order valence-corrected chi connectivity index (χ2v) is 3.47. The van der Waals surface area contributed by atoms with E-state index in [4.69, 9.17) is 10.8 Å². The molecule has 1 aromatic rings. The summed E-state index contributed by atoms with van der Waals surface area (Å²) in [5, 5.41) is 18.0. The summed E-state index contributed by atoms with van der Waals surface area (Å²) in [6, 6.07) is 3.34. The van der Waals surface area contributed by atoms with Gasteiger partial charge in [0.25, 0.3) is 0 Å². The summed E-state index contributed by atoms with van der Waals surface area (Å²) in [6.45, 7) is 0. The Hall–Kier alpha value is -2.08. The molecule has 0 fully saturated rings. The van der Waals surface area contributed by atoms with Crippen LogP contribution in [0.3, 0.4) is 0 Å². The number of carbonyl (C=O) groups excluding carboxylic acids is 1. The van der Waals surface area contributed by atoms with Gasteiger partial charge in [-0.2, -0.15) is 0 Å². The van der Waals surface area contributed by atoms with E-state index in [1.165, 1.54) is 25.3 Å². The Morgan fingerprint density at radius 1 is 1.47 bits per heavy atom. The minimum absolute atomic E-state index is 0.0363. The molecule has 0 amide bonds.